The molecule has 1 N–H and O–H groups in total. The normalized spacial score (nSPS) is 19.6. The van der Waals surface area contributed by atoms with Crippen molar-refractivity contribution in [3.05, 3.63) is 12.2 Å². The number of hydrogen-bond acceptors (Lipinski definition) is 3. The minimum atomic E-state index is 0.462. The van der Waals surface area contributed by atoms with Crippen molar-refractivity contribution in [1.29, 1.82) is 0 Å². The number of rotatable bonds is 7. The summed E-state index contributed by atoms with van der Waals surface area (Å²) in [7, 11) is 2.10. The highest BCUT2D eigenvalue weighted by atomic mass is 15.3. The molecule has 114 valence electrons. The zero-order chi connectivity index (χ0) is 14.6. The van der Waals surface area contributed by atoms with E-state index in [1.54, 1.807) is 6.33 Å². The van der Waals surface area contributed by atoms with Crippen molar-refractivity contribution in [1.82, 2.24) is 20.1 Å². The highest BCUT2D eigenvalue weighted by molar-refractivity contribution is 5.00. The molecule has 1 aromatic heterocycles. The number of nitrogens with one attached hydrogen (secondary N) is 1. The Kier molecular flexibility index (Phi) is 5.19. The molecule has 1 aliphatic rings. The summed E-state index contributed by atoms with van der Waals surface area (Å²) < 4.78 is 2.09. The fourth-order valence-corrected chi connectivity index (χ4v) is 3.78. The molecule has 0 amide bonds. The first kappa shape index (κ1) is 15.5. The van der Waals surface area contributed by atoms with Gasteiger partial charge < -0.3 is 5.32 Å². The molecule has 1 unspecified atom stereocenters. The van der Waals surface area contributed by atoms with E-state index >= 15 is 0 Å². The smallest absolute Gasteiger partial charge is 0.138 e. The third-order valence-corrected chi connectivity index (χ3v) is 5.01. The standard InChI is InChI=1S/C16H30N4/c1-5-16(8-6-7-9-16)14(17-4)10-15-18-12-19-20(15)11-13(2)3/h12-14,17H,5-11H2,1-4H3. The van der Waals surface area contributed by atoms with Crippen LogP contribution >= 0.6 is 0 Å². The van der Waals surface area contributed by atoms with Gasteiger partial charge in [0, 0.05) is 19.0 Å². The fraction of sp³-hybridized carbons (Fsp3) is 0.875. The van der Waals surface area contributed by atoms with Crippen molar-refractivity contribution in [3.63, 3.8) is 0 Å². The summed E-state index contributed by atoms with van der Waals surface area (Å²) in [6.07, 6.45) is 9.43. The summed E-state index contributed by atoms with van der Waals surface area (Å²) >= 11 is 0. The molecular weight excluding hydrogens is 248 g/mol. The lowest BCUT2D eigenvalue weighted by Crippen LogP contribution is -2.44. The van der Waals surface area contributed by atoms with Gasteiger partial charge in [0.05, 0.1) is 0 Å². The minimum absolute atomic E-state index is 0.462. The molecule has 0 bridgehead atoms. The molecule has 20 heavy (non-hydrogen) atoms. The highest BCUT2D eigenvalue weighted by Crippen LogP contribution is 2.44. The average Bonchev–Trinajstić information content (AvgIpc) is 3.05. The molecule has 1 saturated carbocycles. The SMILES string of the molecule is CCC1(C(Cc2ncnn2CC(C)C)NC)CCCC1. The molecule has 0 radical (unpaired) electrons. The number of likely N-dealkylation sites (N-methyl/N-ethyl adjacent to an activating group) is 1. The molecule has 0 spiro atoms. The summed E-state index contributed by atoms with van der Waals surface area (Å²) in [4.78, 5) is 4.51. The van der Waals surface area contributed by atoms with Gasteiger partial charge in [0.1, 0.15) is 12.2 Å². The van der Waals surface area contributed by atoms with E-state index in [1.165, 1.54) is 32.1 Å². The quantitative estimate of drug-likeness (QED) is 0.833. The van der Waals surface area contributed by atoms with Gasteiger partial charge in [0.15, 0.2) is 0 Å². The highest BCUT2D eigenvalue weighted by Gasteiger charge is 2.39. The Morgan fingerprint density at radius 3 is 2.60 bits per heavy atom. The summed E-state index contributed by atoms with van der Waals surface area (Å²) in [5.41, 5.74) is 0.462. The predicted octanol–water partition coefficient (Wildman–Crippen LogP) is 3.04. The fourth-order valence-electron chi connectivity index (χ4n) is 3.78. The molecule has 1 atom stereocenters. The van der Waals surface area contributed by atoms with Crippen LogP contribution in [0, 0.1) is 11.3 Å². The summed E-state index contributed by atoms with van der Waals surface area (Å²) in [6, 6.07) is 0.519. The van der Waals surface area contributed by atoms with Crippen LogP contribution in [0.15, 0.2) is 6.33 Å². The first-order valence-corrected chi connectivity index (χ1v) is 8.15. The molecule has 1 aromatic rings. The van der Waals surface area contributed by atoms with Crippen LogP contribution in [-0.4, -0.2) is 27.9 Å². The second-order valence-electron chi connectivity index (χ2n) is 6.72. The van der Waals surface area contributed by atoms with Gasteiger partial charge in [-0.25, -0.2) is 9.67 Å². The third-order valence-electron chi connectivity index (χ3n) is 5.01. The van der Waals surface area contributed by atoms with Crippen molar-refractivity contribution < 1.29 is 0 Å². The van der Waals surface area contributed by atoms with Gasteiger partial charge in [-0.05, 0) is 37.6 Å². The van der Waals surface area contributed by atoms with Crippen LogP contribution in [0.2, 0.25) is 0 Å². The zero-order valence-corrected chi connectivity index (χ0v) is 13.5. The van der Waals surface area contributed by atoms with Crippen LogP contribution < -0.4 is 5.32 Å². The minimum Gasteiger partial charge on any atom is -0.316 e. The Balaban J connectivity index is 2.12. The van der Waals surface area contributed by atoms with E-state index in [0.717, 1.165) is 18.8 Å². The Morgan fingerprint density at radius 1 is 1.35 bits per heavy atom. The Morgan fingerprint density at radius 2 is 2.05 bits per heavy atom. The molecule has 1 aliphatic carbocycles. The average molecular weight is 278 g/mol. The maximum atomic E-state index is 4.51. The largest absolute Gasteiger partial charge is 0.316 e. The van der Waals surface area contributed by atoms with Crippen molar-refractivity contribution in [3.8, 4) is 0 Å². The summed E-state index contributed by atoms with van der Waals surface area (Å²) in [5, 5.41) is 7.97. The first-order valence-electron chi connectivity index (χ1n) is 8.15. The van der Waals surface area contributed by atoms with E-state index in [2.05, 4.69) is 47.9 Å². The van der Waals surface area contributed by atoms with Crippen LogP contribution in [-0.2, 0) is 13.0 Å². The van der Waals surface area contributed by atoms with Crippen LogP contribution in [0.4, 0.5) is 0 Å². The first-order chi connectivity index (χ1) is 9.61. The zero-order valence-electron chi connectivity index (χ0n) is 13.5. The topological polar surface area (TPSA) is 42.7 Å². The van der Waals surface area contributed by atoms with Gasteiger partial charge in [0.25, 0.3) is 0 Å². The van der Waals surface area contributed by atoms with Gasteiger partial charge in [-0.1, -0.05) is 33.6 Å². The summed E-state index contributed by atoms with van der Waals surface area (Å²) in [5.74, 6) is 1.74. The predicted molar refractivity (Wildman–Crippen MR) is 82.6 cm³/mol. The molecule has 4 nitrogen and oxygen atoms in total. The third kappa shape index (κ3) is 3.22. The number of hydrogen-bond donors (Lipinski definition) is 1. The lowest BCUT2D eigenvalue weighted by molar-refractivity contribution is 0.188. The second-order valence-corrected chi connectivity index (χ2v) is 6.72. The molecule has 0 aliphatic heterocycles. The van der Waals surface area contributed by atoms with Crippen LogP contribution in [0.3, 0.4) is 0 Å². The van der Waals surface area contributed by atoms with Crippen molar-refractivity contribution in [2.24, 2.45) is 11.3 Å². The Hall–Kier alpha value is -0.900. The molecule has 2 rings (SSSR count). The van der Waals surface area contributed by atoms with Gasteiger partial charge in [-0.3, -0.25) is 0 Å². The summed E-state index contributed by atoms with van der Waals surface area (Å²) in [6.45, 7) is 7.76. The number of nitrogens with zero attached hydrogens (tertiary/aromatic N) is 3. The maximum Gasteiger partial charge on any atom is 0.138 e. The van der Waals surface area contributed by atoms with Crippen LogP contribution in [0.5, 0.6) is 0 Å². The van der Waals surface area contributed by atoms with E-state index in [-0.39, 0.29) is 0 Å². The monoisotopic (exact) mass is 278 g/mol. The Bertz CT molecular complexity index is 404. The lowest BCUT2D eigenvalue weighted by atomic mass is 9.75. The van der Waals surface area contributed by atoms with Crippen molar-refractivity contribution >= 4 is 0 Å². The molecular formula is C16H30N4. The van der Waals surface area contributed by atoms with Crippen molar-refractivity contribution in [2.45, 2.75) is 71.9 Å². The molecule has 0 saturated heterocycles. The van der Waals surface area contributed by atoms with Gasteiger partial charge in [-0.2, -0.15) is 5.10 Å². The van der Waals surface area contributed by atoms with E-state index < -0.39 is 0 Å². The number of aromatic nitrogens is 3. The maximum absolute atomic E-state index is 4.51. The van der Waals surface area contributed by atoms with E-state index in [4.69, 9.17) is 0 Å². The van der Waals surface area contributed by atoms with Crippen LogP contribution in [0.25, 0.3) is 0 Å². The van der Waals surface area contributed by atoms with E-state index in [0.29, 0.717) is 17.4 Å². The molecule has 1 fully saturated rings. The van der Waals surface area contributed by atoms with Gasteiger partial charge in [-0.15, -0.1) is 0 Å². The van der Waals surface area contributed by atoms with E-state index in [9.17, 15) is 0 Å². The van der Waals surface area contributed by atoms with Crippen molar-refractivity contribution in [2.75, 3.05) is 7.05 Å². The lowest BCUT2D eigenvalue weighted by Gasteiger charge is -2.36. The Labute approximate surface area is 123 Å². The molecule has 4 heteroatoms. The van der Waals surface area contributed by atoms with E-state index in [1.807, 2.05) is 0 Å². The molecule has 1 heterocycles. The second kappa shape index (κ2) is 6.70. The molecule has 0 aromatic carbocycles. The van der Waals surface area contributed by atoms with Crippen LogP contribution in [0.1, 0.15) is 58.7 Å². The van der Waals surface area contributed by atoms with Gasteiger partial charge in [0.2, 0.25) is 0 Å². The van der Waals surface area contributed by atoms with Gasteiger partial charge >= 0.3 is 0 Å².